The third kappa shape index (κ3) is 2.83. The molecule has 1 heteroatoms. The van der Waals surface area contributed by atoms with Gasteiger partial charge in [0.25, 0.3) is 0 Å². The minimum absolute atomic E-state index is 1.14. The predicted octanol–water partition coefficient (Wildman–Crippen LogP) is 3.43. The van der Waals surface area contributed by atoms with Crippen LogP contribution in [0.3, 0.4) is 0 Å². The third-order valence-electron chi connectivity index (χ3n) is 2.60. The molecule has 1 aromatic rings. The van der Waals surface area contributed by atoms with E-state index in [9.17, 15) is 0 Å². The molecule has 13 heavy (non-hydrogen) atoms. The van der Waals surface area contributed by atoms with Gasteiger partial charge in [-0.15, -0.1) is 0 Å². The fraction of sp³-hybridized carbons (Fsp3) is 0.583. The Morgan fingerprint density at radius 2 is 2.00 bits per heavy atom. The molecule has 0 aliphatic heterocycles. The van der Waals surface area contributed by atoms with Crippen LogP contribution >= 0.6 is 0 Å². The van der Waals surface area contributed by atoms with E-state index in [-0.39, 0.29) is 0 Å². The van der Waals surface area contributed by atoms with E-state index >= 15 is 0 Å². The molecule has 0 atom stereocenters. The Kier molecular flexibility index (Phi) is 3.94. The van der Waals surface area contributed by atoms with Crippen LogP contribution in [0.25, 0.3) is 0 Å². The van der Waals surface area contributed by atoms with Gasteiger partial charge in [-0.1, -0.05) is 19.8 Å². The monoisotopic (exact) mass is 177 g/mol. The summed E-state index contributed by atoms with van der Waals surface area (Å²) in [5.41, 5.74) is 4.02. The SMILES string of the molecule is CCCCCc1nccc(C)c1C. The molecule has 0 N–H and O–H groups in total. The van der Waals surface area contributed by atoms with Crippen LogP contribution in [-0.4, -0.2) is 4.98 Å². The van der Waals surface area contributed by atoms with Gasteiger partial charge in [0, 0.05) is 11.9 Å². The number of nitrogens with zero attached hydrogens (tertiary/aromatic N) is 1. The summed E-state index contributed by atoms with van der Waals surface area (Å²) in [5.74, 6) is 0. The molecule has 0 amide bonds. The van der Waals surface area contributed by atoms with Gasteiger partial charge in [-0.2, -0.15) is 0 Å². The second-order valence-corrected chi connectivity index (χ2v) is 3.66. The number of pyridine rings is 1. The minimum Gasteiger partial charge on any atom is -0.261 e. The molecule has 0 radical (unpaired) electrons. The molecule has 0 aromatic carbocycles. The Hall–Kier alpha value is -0.850. The lowest BCUT2D eigenvalue weighted by Crippen LogP contribution is -1.96. The average Bonchev–Trinajstić information content (AvgIpc) is 2.13. The molecule has 0 fully saturated rings. The molecular formula is C12H19N. The first-order valence-corrected chi connectivity index (χ1v) is 5.16. The van der Waals surface area contributed by atoms with Crippen LogP contribution in [0.5, 0.6) is 0 Å². The molecule has 0 unspecified atom stereocenters. The summed E-state index contributed by atoms with van der Waals surface area (Å²) < 4.78 is 0. The molecule has 0 saturated heterocycles. The summed E-state index contributed by atoms with van der Waals surface area (Å²) in [7, 11) is 0. The molecule has 0 saturated carbocycles. The summed E-state index contributed by atoms with van der Waals surface area (Å²) in [6, 6.07) is 2.08. The molecule has 0 spiro atoms. The average molecular weight is 177 g/mol. The highest BCUT2D eigenvalue weighted by molar-refractivity contribution is 5.27. The first-order chi connectivity index (χ1) is 6.25. The van der Waals surface area contributed by atoms with Crippen molar-refractivity contribution in [1.29, 1.82) is 0 Å². The van der Waals surface area contributed by atoms with Crippen LogP contribution < -0.4 is 0 Å². The van der Waals surface area contributed by atoms with Gasteiger partial charge in [0.15, 0.2) is 0 Å². The largest absolute Gasteiger partial charge is 0.261 e. The second kappa shape index (κ2) is 5.00. The molecular weight excluding hydrogens is 158 g/mol. The number of aromatic nitrogens is 1. The maximum atomic E-state index is 4.41. The molecule has 0 aliphatic rings. The summed E-state index contributed by atoms with van der Waals surface area (Å²) in [6.45, 7) is 6.56. The van der Waals surface area contributed by atoms with Crippen LogP contribution in [0, 0.1) is 13.8 Å². The van der Waals surface area contributed by atoms with E-state index in [1.165, 1.54) is 36.1 Å². The van der Waals surface area contributed by atoms with Crippen molar-refractivity contribution in [2.24, 2.45) is 0 Å². The number of hydrogen-bond donors (Lipinski definition) is 0. The lowest BCUT2D eigenvalue weighted by Gasteiger charge is -2.06. The van der Waals surface area contributed by atoms with Crippen molar-refractivity contribution in [2.45, 2.75) is 46.5 Å². The highest BCUT2D eigenvalue weighted by Gasteiger charge is 2.00. The molecule has 72 valence electrons. The van der Waals surface area contributed by atoms with Crippen molar-refractivity contribution in [3.8, 4) is 0 Å². The first kappa shape index (κ1) is 10.2. The molecule has 1 heterocycles. The Balaban J connectivity index is 2.61. The zero-order valence-electron chi connectivity index (χ0n) is 8.93. The van der Waals surface area contributed by atoms with E-state index in [1.807, 2.05) is 6.20 Å². The number of unbranched alkanes of at least 4 members (excludes halogenated alkanes) is 2. The minimum atomic E-state index is 1.14. The standard InChI is InChI=1S/C12H19N/c1-4-5-6-7-12-11(3)10(2)8-9-13-12/h8-9H,4-7H2,1-3H3. The van der Waals surface area contributed by atoms with Crippen LogP contribution in [0.4, 0.5) is 0 Å². The molecule has 1 nitrogen and oxygen atoms in total. The van der Waals surface area contributed by atoms with Gasteiger partial charge in [0.05, 0.1) is 0 Å². The lowest BCUT2D eigenvalue weighted by molar-refractivity contribution is 0.704. The van der Waals surface area contributed by atoms with Gasteiger partial charge >= 0.3 is 0 Å². The van der Waals surface area contributed by atoms with Gasteiger partial charge in [-0.25, -0.2) is 0 Å². The van der Waals surface area contributed by atoms with E-state index in [2.05, 4.69) is 31.8 Å². The van der Waals surface area contributed by atoms with E-state index in [1.54, 1.807) is 0 Å². The van der Waals surface area contributed by atoms with E-state index in [4.69, 9.17) is 0 Å². The van der Waals surface area contributed by atoms with E-state index < -0.39 is 0 Å². The molecule has 1 aromatic heterocycles. The number of aryl methyl sites for hydroxylation is 2. The summed E-state index contributed by atoms with van der Waals surface area (Å²) in [6.07, 6.45) is 6.93. The first-order valence-electron chi connectivity index (χ1n) is 5.16. The van der Waals surface area contributed by atoms with Crippen molar-refractivity contribution < 1.29 is 0 Å². The lowest BCUT2D eigenvalue weighted by atomic mass is 10.0. The van der Waals surface area contributed by atoms with Crippen LogP contribution in [-0.2, 0) is 6.42 Å². The van der Waals surface area contributed by atoms with Crippen molar-refractivity contribution in [2.75, 3.05) is 0 Å². The van der Waals surface area contributed by atoms with Gasteiger partial charge in [0.1, 0.15) is 0 Å². The van der Waals surface area contributed by atoms with Crippen molar-refractivity contribution in [3.63, 3.8) is 0 Å². The van der Waals surface area contributed by atoms with Gasteiger partial charge in [-0.3, -0.25) is 4.98 Å². The molecule has 0 aliphatic carbocycles. The Morgan fingerprint density at radius 3 is 2.69 bits per heavy atom. The quantitative estimate of drug-likeness (QED) is 0.642. The van der Waals surface area contributed by atoms with Gasteiger partial charge in [0.2, 0.25) is 0 Å². The number of hydrogen-bond acceptors (Lipinski definition) is 1. The van der Waals surface area contributed by atoms with Crippen molar-refractivity contribution >= 4 is 0 Å². The van der Waals surface area contributed by atoms with Crippen LogP contribution in [0.15, 0.2) is 12.3 Å². The molecule has 1 rings (SSSR count). The Morgan fingerprint density at radius 1 is 1.23 bits per heavy atom. The highest BCUT2D eigenvalue weighted by Crippen LogP contribution is 2.12. The maximum Gasteiger partial charge on any atom is 0.0435 e. The fourth-order valence-corrected chi connectivity index (χ4v) is 1.48. The predicted molar refractivity (Wildman–Crippen MR) is 56.9 cm³/mol. The maximum absolute atomic E-state index is 4.41. The smallest absolute Gasteiger partial charge is 0.0435 e. The zero-order valence-corrected chi connectivity index (χ0v) is 8.93. The van der Waals surface area contributed by atoms with E-state index in [0.717, 1.165) is 6.42 Å². The number of rotatable bonds is 4. The van der Waals surface area contributed by atoms with Crippen LogP contribution in [0.2, 0.25) is 0 Å². The summed E-state index contributed by atoms with van der Waals surface area (Å²) in [4.78, 5) is 4.41. The van der Waals surface area contributed by atoms with Gasteiger partial charge < -0.3 is 0 Å². The highest BCUT2D eigenvalue weighted by atomic mass is 14.7. The normalized spacial score (nSPS) is 10.4. The Labute approximate surface area is 81.2 Å². The summed E-state index contributed by atoms with van der Waals surface area (Å²) >= 11 is 0. The van der Waals surface area contributed by atoms with Gasteiger partial charge in [-0.05, 0) is 43.9 Å². The zero-order chi connectivity index (χ0) is 9.68. The molecule has 0 bridgehead atoms. The fourth-order valence-electron chi connectivity index (χ4n) is 1.48. The Bertz CT molecular complexity index is 266. The topological polar surface area (TPSA) is 12.9 Å². The van der Waals surface area contributed by atoms with E-state index in [0.29, 0.717) is 0 Å². The summed E-state index contributed by atoms with van der Waals surface area (Å²) in [5, 5.41) is 0. The third-order valence-corrected chi connectivity index (χ3v) is 2.60. The van der Waals surface area contributed by atoms with Crippen molar-refractivity contribution in [3.05, 3.63) is 29.1 Å². The van der Waals surface area contributed by atoms with Crippen molar-refractivity contribution in [1.82, 2.24) is 4.98 Å². The second-order valence-electron chi connectivity index (χ2n) is 3.66. The van der Waals surface area contributed by atoms with Crippen LogP contribution in [0.1, 0.15) is 43.0 Å².